The first-order chi connectivity index (χ1) is 11.9. The maximum absolute atomic E-state index is 12.0. The van der Waals surface area contributed by atoms with Gasteiger partial charge in [0.15, 0.2) is 0 Å². The van der Waals surface area contributed by atoms with Crippen molar-refractivity contribution >= 4 is 17.4 Å². The van der Waals surface area contributed by atoms with E-state index in [2.05, 4.69) is 34.8 Å². The van der Waals surface area contributed by atoms with Crippen molar-refractivity contribution in [1.82, 2.24) is 10.3 Å². The number of pyridine rings is 1. The Balaban J connectivity index is 1.78. The summed E-state index contributed by atoms with van der Waals surface area (Å²) in [6.07, 6.45) is 3.71. The van der Waals surface area contributed by atoms with E-state index in [1.165, 1.54) is 11.1 Å². The normalized spacial score (nSPS) is 11.7. The van der Waals surface area contributed by atoms with E-state index in [-0.39, 0.29) is 6.03 Å². The van der Waals surface area contributed by atoms with Crippen LogP contribution in [0.2, 0.25) is 0 Å². The molecular weight excluding hydrogens is 312 g/mol. The van der Waals surface area contributed by atoms with Gasteiger partial charge >= 0.3 is 6.03 Å². The minimum atomic E-state index is -0.175. The Morgan fingerprint density at radius 2 is 1.68 bits per heavy atom. The summed E-state index contributed by atoms with van der Waals surface area (Å²) in [5.41, 5.74) is 6.59. The highest BCUT2D eigenvalue weighted by atomic mass is 16.2. The highest BCUT2D eigenvalue weighted by molar-refractivity contribution is 5.89. The van der Waals surface area contributed by atoms with Gasteiger partial charge in [0, 0.05) is 36.9 Å². The molecule has 1 aromatic carbocycles. The Kier molecular flexibility index (Phi) is 6.39. The lowest BCUT2D eigenvalue weighted by Crippen LogP contribution is -2.34. The van der Waals surface area contributed by atoms with Crippen molar-refractivity contribution in [2.24, 2.45) is 5.92 Å². The number of rotatable bonds is 6. The van der Waals surface area contributed by atoms with Crippen molar-refractivity contribution in [3.05, 3.63) is 52.8 Å². The summed E-state index contributed by atoms with van der Waals surface area (Å²) >= 11 is 0. The first-order valence-corrected chi connectivity index (χ1v) is 8.64. The van der Waals surface area contributed by atoms with Crippen LogP contribution < -0.4 is 16.0 Å². The first kappa shape index (κ1) is 18.8. The summed E-state index contributed by atoms with van der Waals surface area (Å²) in [5.74, 6) is 0.303. The molecule has 5 nitrogen and oxygen atoms in total. The zero-order chi connectivity index (χ0) is 18.4. The second-order valence-electron chi connectivity index (χ2n) is 6.77. The lowest BCUT2D eigenvalue weighted by atomic mass is 10.1. The molecule has 0 bridgehead atoms. The fourth-order valence-corrected chi connectivity index (χ4v) is 2.59. The molecule has 0 aliphatic heterocycles. The Morgan fingerprint density at radius 1 is 1.00 bits per heavy atom. The SMILES string of the molecule is Cc1ccc(NC(=O)NCC(C)CNc2c(C)cncc2C)cc1C. The number of anilines is 2. The molecule has 0 spiro atoms. The van der Waals surface area contributed by atoms with E-state index in [1.54, 1.807) is 0 Å². The van der Waals surface area contributed by atoms with Gasteiger partial charge in [0.25, 0.3) is 0 Å². The lowest BCUT2D eigenvalue weighted by Gasteiger charge is -2.17. The van der Waals surface area contributed by atoms with Crippen LogP contribution in [-0.4, -0.2) is 24.1 Å². The van der Waals surface area contributed by atoms with Gasteiger partial charge in [-0.3, -0.25) is 4.98 Å². The lowest BCUT2D eigenvalue weighted by molar-refractivity contribution is 0.250. The Morgan fingerprint density at radius 3 is 2.32 bits per heavy atom. The van der Waals surface area contributed by atoms with E-state index in [9.17, 15) is 4.79 Å². The third kappa shape index (κ3) is 5.48. The second-order valence-corrected chi connectivity index (χ2v) is 6.77. The molecule has 0 fully saturated rings. The number of hydrogen-bond donors (Lipinski definition) is 3. The highest BCUT2D eigenvalue weighted by Crippen LogP contribution is 2.18. The van der Waals surface area contributed by atoms with Gasteiger partial charge in [0.1, 0.15) is 0 Å². The topological polar surface area (TPSA) is 66.1 Å². The van der Waals surface area contributed by atoms with Crippen LogP contribution in [0.3, 0.4) is 0 Å². The molecule has 0 saturated heterocycles. The van der Waals surface area contributed by atoms with E-state index in [1.807, 2.05) is 51.4 Å². The molecule has 0 aliphatic rings. The summed E-state index contributed by atoms with van der Waals surface area (Å²) in [6, 6.07) is 5.74. The number of carbonyl (C=O) groups is 1. The van der Waals surface area contributed by atoms with E-state index in [4.69, 9.17) is 0 Å². The van der Waals surface area contributed by atoms with Crippen LogP contribution in [0.15, 0.2) is 30.6 Å². The standard InChI is InChI=1S/C20H28N4O/c1-13(9-22-19-16(4)11-21-12-17(19)5)10-23-20(25)24-18-7-6-14(2)15(3)8-18/h6-8,11-13H,9-10H2,1-5H3,(H,21,22)(H2,23,24,25). The van der Waals surface area contributed by atoms with Gasteiger partial charge in [-0.25, -0.2) is 4.79 Å². The minimum absolute atomic E-state index is 0.175. The van der Waals surface area contributed by atoms with Gasteiger partial charge < -0.3 is 16.0 Å². The fraction of sp³-hybridized carbons (Fsp3) is 0.400. The molecule has 0 radical (unpaired) electrons. The third-order valence-corrected chi connectivity index (χ3v) is 4.33. The highest BCUT2D eigenvalue weighted by Gasteiger charge is 2.08. The quantitative estimate of drug-likeness (QED) is 0.739. The van der Waals surface area contributed by atoms with Gasteiger partial charge in [-0.15, -0.1) is 0 Å². The molecule has 5 heteroatoms. The molecule has 2 amide bonds. The van der Waals surface area contributed by atoms with Crippen LogP contribution in [0.25, 0.3) is 0 Å². The van der Waals surface area contributed by atoms with E-state index in [0.29, 0.717) is 12.5 Å². The number of nitrogens with one attached hydrogen (secondary N) is 3. The maximum atomic E-state index is 12.0. The molecule has 1 atom stereocenters. The first-order valence-electron chi connectivity index (χ1n) is 8.64. The van der Waals surface area contributed by atoms with Gasteiger partial charge in [-0.1, -0.05) is 13.0 Å². The molecule has 0 aliphatic carbocycles. The Labute approximate surface area is 150 Å². The molecule has 0 saturated carbocycles. The predicted molar refractivity (Wildman–Crippen MR) is 104 cm³/mol. The maximum Gasteiger partial charge on any atom is 0.319 e. The molecule has 1 aromatic heterocycles. The van der Waals surface area contributed by atoms with Crippen molar-refractivity contribution in [2.75, 3.05) is 23.7 Å². The summed E-state index contributed by atoms with van der Waals surface area (Å²) < 4.78 is 0. The number of benzene rings is 1. The average Bonchev–Trinajstić information content (AvgIpc) is 2.56. The molecule has 25 heavy (non-hydrogen) atoms. The zero-order valence-electron chi connectivity index (χ0n) is 15.7. The summed E-state index contributed by atoms with van der Waals surface area (Å²) in [5, 5.41) is 9.26. The smallest absolute Gasteiger partial charge is 0.319 e. The van der Waals surface area contributed by atoms with Crippen LogP contribution in [0.1, 0.15) is 29.2 Å². The number of amides is 2. The fourth-order valence-electron chi connectivity index (χ4n) is 2.59. The van der Waals surface area contributed by atoms with Gasteiger partial charge in [-0.05, 0) is 68.0 Å². The number of carbonyl (C=O) groups excluding carboxylic acids is 1. The Hall–Kier alpha value is -2.56. The van der Waals surface area contributed by atoms with Gasteiger partial charge in [0.2, 0.25) is 0 Å². The van der Waals surface area contributed by atoms with Crippen molar-refractivity contribution in [1.29, 1.82) is 0 Å². The number of urea groups is 1. The predicted octanol–water partition coefficient (Wildman–Crippen LogP) is 4.18. The summed E-state index contributed by atoms with van der Waals surface area (Å²) in [6.45, 7) is 11.7. The van der Waals surface area contributed by atoms with Crippen LogP contribution in [0, 0.1) is 33.6 Å². The number of hydrogen-bond acceptors (Lipinski definition) is 3. The third-order valence-electron chi connectivity index (χ3n) is 4.33. The molecule has 2 aromatic rings. The Bertz CT molecular complexity index is 722. The number of aromatic nitrogens is 1. The number of nitrogens with zero attached hydrogens (tertiary/aromatic N) is 1. The molecule has 1 heterocycles. The van der Waals surface area contributed by atoms with Crippen LogP contribution in [-0.2, 0) is 0 Å². The summed E-state index contributed by atoms with van der Waals surface area (Å²) in [4.78, 5) is 16.2. The van der Waals surface area contributed by atoms with Crippen molar-refractivity contribution in [2.45, 2.75) is 34.6 Å². The summed E-state index contributed by atoms with van der Waals surface area (Å²) in [7, 11) is 0. The molecule has 1 unspecified atom stereocenters. The second kappa shape index (κ2) is 8.51. The van der Waals surface area contributed by atoms with Crippen LogP contribution >= 0.6 is 0 Å². The van der Waals surface area contributed by atoms with Crippen LogP contribution in [0.4, 0.5) is 16.2 Å². The van der Waals surface area contributed by atoms with Crippen molar-refractivity contribution in [3.8, 4) is 0 Å². The van der Waals surface area contributed by atoms with Crippen molar-refractivity contribution < 1.29 is 4.79 Å². The molecule has 2 rings (SSSR count). The average molecular weight is 340 g/mol. The largest absolute Gasteiger partial charge is 0.384 e. The molecule has 3 N–H and O–H groups in total. The number of aryl methyl sites for hydroxylation is 4. The van der Waals surface area contributed by atoms with E-state index >= 15 is 0 Å². The van der Waals surface area contributed by atoms with Gasteiger partial charge in [0.05, 0.1) is 0 Å². The van der Waals surface area contributed by atoms with Crippen LogP contribution in [0.5, 0.6) is 0 Å². The molecule has 134 valence electrons. The van der Waals surface area contributed by atoms with E-state index < -0.39 is 0 Å². The van der Waals surface area contributed by atoms with Gasteiger partial charge in [-0.2, -0.15) is 0 Å². The van der Waals surface area contributed by atoms with Crippen molar-refractivity contribution in [3.63, 3.8) is 0 Å². The minimum Gasteiger partial charge on any atom is -0.384 e. The van der Waals surface area contributed by atoms with E-state index in [0.717, 1.165) is 29.0 Å². The molecular formula is C20H28N4O. The monoisotopic (exact) mass is 340 g/mol. The zero-order valence-corrected chi connectivity index (χ0v) is 15.7.